The maximum Gasteiger partial charge on any atom is 0.224 e. The van der Waals surface area contributed by atoms with Crippen LogP contribution in [-0.4, -0.2) is 25.7 Å². The molecule has 144 valence electrons. The number of carbonyl (C=O) groups is 1. The van der Waals surface area contributed by atoms with E-state index in [0.717, 1.165) is 11.3 Å². The monoisotopic (exact) mass is 369 g/mol. The Morgan fingerprint density at radius 1 is 1.04 bits per heavy atom. The minimum atomic E-state index is -0.0530. The fraction of sp³-hybridized carbons (Fsp3) is 0.318. The number of anilines is 1. The van der Waals surface area contributed by atoms with Crippen molar-refractivity contribution in [3.8, 4) is 17.2 Å². The molecule has 2 aromatic rings. The molecule has 0 radical (unpaired) electrons. The molecular weight excluding hydrogens is 342 g/mol. The first-order chi connectivity index (χ1) is 13.2. The third-order valence-corrected chi connectivity index (χ3v) is 3.73. The molecule has 0 aromatic heterocycles. The molecule has 0 saturated carbocycles. The summed E-state index contributed by atoms with van der Waals surface area (Å²) in [5.41, 5.74) is 1.74. The first-order valence-electron chi connectivity index (χ1n) is 9.18. The zero-order chi connectivity index (χ0) is 19.5. The molecule has 2 rings (SSSR count). The summed E-state index contributed by atoms with van der Waals surface area (Å²) >= 11 is 0. The number of hydrogen-bond acceptors (Lipinski definition) is 4. The van der Waals surface area contributed by atoms with Crippen LogP contribution in [0.15, 0.2) is 55.1 Å². The Labute approximate surface area is 161 Å². The number of hydrogen-bond donors (Lipinski definition) is 1. The smallest absolute Gasteiger partial charge is 0.224 e. The second-order valence-electron chi connectivity index (χ2n) is 5.82. The summed E-state index contributed by atoms with van der Waals surface area (Å²) in [4.78, 5) is 12.3. The zero-order valence-corrected chi connectivity index (χ0v) is 16.0. The molecule has 1 N–H and O–H groups in total. The number of nitrogens with one attached hydrogen (secondary N) is 1. The lowest BCUT2D eigenvalue weighted by Gasteiger charge is -2.12. The van der Waals surface area contributed by atoms with Gasteiger partial charge in [0, 0.05) is 18.2 Å². The van der Waals surface area contributed by atoms with Gasteiger partial charge in [0.15, 0.2) is 11.5 Å². The van der Waals surface area contributed by atoms with Crippen LogP contribution in [0.5, 0.6) is 17.2 Å². The van der Waals surface area contributed by atoms with Crippen molar-refractivity contribution in [3.05, 3.63) is 60.7 Å². The highest BCUT2D eigenvalue weighted by Crippen LogP contribution is 2.29. The number of carbonyl (C=O) groups excluding carboxylic acids is 1. The summed E-state index contributed by atoms with van der Waals surface area (Å²) in [6.45, 7) is 9.06. The van der Waals surface area contributed by atoms with Gasteiger partial charge in [0.2, 0.25) is 5.91 Å². The van der Waals surface area contributed by atoms with Crippen LogP contribution in [0.3, 0.4) is 0 Å². The summed E-state index contributed by atoms with van der Waals surface area (Å²) < 4.78 is 16.7. The number of ether oxygens (including phenoxy) is 3. The first-order valence-corrected chi connectivity index (χ1v) is 9.18. The molecule has 0 heterocycles. The van der Waals surface area contributed by atoms with Crippen molar-refractivity contribution in [3.63, 3.8) is 0 Å². The fourth-order valence-electron chi connectivity index (χ4n) is 2.55. The zero-order valence-electron chi connectivity index (χ0n) is 16.0. The lowest BCUT2D eigenvalue weighted by Crippen LogP contribution is -2.12. The summed E-state index contributed by atoms with van der Waals surface area (Å²) in [7, 11) is 0. The second-order valence-corrected chi connectivity index (χ2v) is 5.82. The largest absolute Gasteiger partial charge is 0.490 e. The van der Waals surface area contributed by atoms with E-state index in [4.69, 9.17) is 14.2 Å². The molecule has 5 heteroatoms. The average molecular weight is 369 g/mol. The maximum atomic E-state index is 12.3. The van der Waals surface area contributed by atoms with E-state index < -0.39 is 0 Å². The molecule has 0 aliphatic heterocycles. The third kappa shape index (κ3) is 6.70. The summed E-state index contributed by atoms with van der Waals surface area (Å²) in [5, 5.41) is 2.90. The quantitative estimate of drug-likeness (QED) is 0.587. The van der Waals surface area contributed by atoms with Crippen molar-refractivity contribution in [2.45, 2.75) is 26.7 Å². The van der Waals surface area contributed by atoms with Crippen molar-refractivity contribution in [1.29, 1.82) is 0 Å². The van der Waals surface area contributed by atoms with Crippen LogP contribution in [0.25, 0.3) is 0 Å². The molecule has 0 aliphatic rings. The van der Waals surface area contributed by atoms with Gasteiger partial charge < -0.3 is 19.5 Å². The fourth-order valence-corrected chi connectivity index (χ4v) is 2.55. The predicted octanol–water partition coefficient (Wildman–Crippen LogP) is 4.62. The molecule has 27 heavy (non-hydrogen) atoms. The molecule has 5 nitrogen and oxygen atoms in total. The van der Waals surface area contributed by atoms with E-state index in [2.05, 4.69) is 11.9 Å². The van der Waals surface area contributed by atoms with Gasteiger partial charge in [0.05, 0.1) is 13.2 Å². The highest BCUT2D eigenvalue weighted by molar-refractivity contribution is 5.91. The van der Waals surface area contributed by atoms with Gasteiger partial charge in [-0.15, -0.1) is 0 Å². The van der Waals surface area contributed by atoms with E-state index in [-0.39, 0.29) is 5.91 Å². The van der Waals surface area contributed by atoms with Crippen molar-refractivity contribution in [2.75, 3.05) is 25.1 Å². The van der Waals surface area contributed by atoms with Gasteiger partial charge in [0.1, 0.15) is 12.4 Å². The Kier molecular flexibility index (Phi) is 8.23. The van der Waals surface area contributed by atoms with Gasteiger partial charge in [-0.05, 0) is 50.1 Å². The third-order valence-electron chi connectivity index (χ3n) is 3.73. The Morgan fingerprint density at radius 2 is 1.81 bits per heavy atom. The number of benzene rings is 2. The minimum Gasteiger partial charge on any atom is -0.490 e. The topological polar surface area (TPSA) is 56.8 Å². The molecule has 2 aromatic carbocycles. The van der Waals surface area contributed by atoms with Gasteiger partial charge in [-0.2, -0.15) is 0 Å². The van der Waals surface area contributed by atoms with Crippen LogP contribution < -0.4 is 19.5 Å². The van der Waals surface area contributed by atoms with Crippen molar-refractivity contribution in [2.24, 2.45) is 0 Å². The Balaban J connectivity index is 1.93. The van der Waals surface area contributed by atoms with Gasteiger partial charge >= 0.3 is 0 Å². The Bertz CT molecular complexity index is 758. The lowest BCUT2D eigenvalue weighted by molar-refractivity contribution is -0.116. The van der Waals surface area contributed by atoms with E-state index in [1.165, 1.54) is 0 Å². The highest BCUT2D eigenvalue weighted by Gasteiger charge is 2.09. The lowest BCUT2D eigenvalue weighted by atomic mass is 10.1. The van der Waals surface area contributed by atoms with Crippen molar-refractivity contribution in [1.82, 2.24) is 0 Å². The Hall–Kier alpha value is -2.95. The molecule has 0 unspecified atom stereocenters. The minimum absolute atomic E-state index is 0.0530. The van der Waals surface area contributed by atoms with E-state index >= 15 is 0 Å². The molecule has 1 amide bonds. The summed E-state index contributed by atoms with van der Waals surface area (Å²) in [6.07, 6.45) is 2.67. The molecular formula is C22H27NO4. The second kappa shape index (κ2) is 10.9. The predicted molar refractivity (Wildman–Crippen MR) is 108 cm³/mol. The number of amides is 1. The molecule has 0 fully saturated rings. The van der Waals surface area contributed by atoms with Crippen LogP contribution in [-0.2, 0) is 11.2 Å². The van der Waals surface area contributed by atoms with Crippen LogP contribution in [0, 0.1) is 0 Å². The maximum absolute atomic E-state index is 12.3. The van der Waals surface area contributed by atoms with Crippen LogP contribution in [0.2, 0.25) is 0 Å². The van der Waals surface area contributed by atoms with E-state index in [9.17, 15) is 4.79 Å². The standard InChI is InChI=1S/C22H27NO4/c1-4-14-27-19-9-7-8-18(16-19)23-22(24)13-11-17-10-12-20(25-5-2)21(15-17)26-6-3/h4,7-10,12,15-16H,1,5-6,11,13-14H2,2-3H3,(H,23,24). The van der Waals surface area contributed by atoms with Gasteiger partial charge in [-0.1, -0.05) is 24.8 Å². The van der Waals surface area contributed by atoms with E-state index in [0.29, 0.717) is 49.8 Å². The normalized spacial score (nSPS) is 10.1. The number of rotatable bonds is 11. The number of aryl methyl sites for hydroxylation is 1. The summed E-state index contributed by atoms with van der Waals surface area (Å²) in [6, 6.07) is 13.1. The van der Waals surface area contributed by atoms with Crippen molar-refractivity contribution < 1.29 is 19.0 Å². The summed E-state index contributed by atoms with van der Waals surface area (Å²) in [5.74, 6) is 2.08. The average Bonchev–Trinajstić information content (AvgIpc) is 2.67. The SMILES string of the molecule is C=CCOc1cccc(NC(=O)CCc2ccc(OCC)c(OCC)c2)c1. The van der Waals surface area contributed by atoms with Crippen molar-refractivity contribution >= 4 is 11.6 Å². The molecule has 0 atom stereocenters. The van der Waals surface area contributed by atoms with E-state index in [1.54, 1.807) is 12.1 Å². The first kappa shape index (κ1) is 20.4. The molecule has 0 saturated heterocycles. The molecule has 0 spiro atoms. The van der Waals surface area contributed by atoms with Crippen LogP contribution >= 0.6 is 0 Å². The van der Waals surface area contributed by atoms with Gasteiger partial charge in [-0.3, -0.25) is 4.79 Å². The molecule has 0 aliphatic carbocycles. The highest BCUT2D eigenvalue weighted by atomic mass is 16.5. The van der Waals surface area contributed by atoms with Gasteiger partial charge in [0.25, 0.3) is 0 Å². The Morgan fingerprint density at radius 3 is 2.56 bits per heavy atom. The van der Waals surface area contributed by atoms with Crippen LogP contribution in [0.4, 0.5) is 5.69 Å². The van der Waals surface area contributed by atoms with E-state index in [1.807, 2.05) is 50.2 Å². The molecule has 0 bridgehead atoms. The van der Waals surface area contributed by atoms with Gasteiger partial charge in [-0.25, -0.2) is 0 Å². The van der Waals surface area contributed by atoms with Crippen LogP contribution in [0.1, 0.15) is 25.8 Å².